The number of pyridine rings is 1. The number of rotatable bonds is 2. The molecule has 0 atom stereocenters. The summed E-state index contributed by atoms with van der Waals surface area (Å²) in [5, 5.41) is 2.22. The summed E-state index contributed by atoms with van der Waals surface area (Å²) in [6.07, 6.45) is 0. The molecule has 0 fully saturated rings. The molecule has 0 radical (unpaired) electrons. The van der Waals surface area contributed by atoms with E-state index in [1.54, 1.807) is 0 Å². The normalized spacial score (nSPS) is 10.7. The molecule has 3 rings (SSSR count). The van der Waals surface area contributed by atoms with E-state index >= 15 is 0 Å². The van der Waals surface area contributed by atoms with Gasteiger partial charge in [0, 0.05) is 22.5 Å². The van der Waals surface area contributed by atoms with E-state index in [4.69, 9.17) is 0 Å². The molecule has 2 aromatic carbocycles. The number of aryl methyl sites for hydroxylation is 2. The van der Waals surface area contributed by atoms with Crippen LogP contribution in [0, 0.1) is 13.8 Å². The van der Waals surface area contributed by atoms with Gasteiger partial charge in [0.2, 0.25) is 0 Å². The van der Waals surface area contributed by atoms with Crippen molar-refractivity contribution in [1.82, 2.24) is 4.98 Å². The molecule has 0 saturated carbocycles. The predicted octanol–water partition coefficient (Wildman–Crippen LogP) is 4.08. The third kappa shape index (κ3) is 2.21. The minimum atomic E-state index is 0.0285. The van der Waals surface area contributed by atoms with E-state index in [1.165, 1.54) is 0 Å². The zero-order valence-corrected chi connectivity index (χ0v) is 11.6. The highest BCUT2D eigenvalue weighted by atomic mass is 16.1. The number of hydrogen-bond acceptors (Lipinski definition) is 2. The van der Waals surface area contributed by atoms with E-state index in [-0.39, 0.29) is 5.78 Å². The van der Waals surface area contributed by atoms with Gasteiger partial charge in [-0.15, -0.1) is 0 Å². The molecule has 0 unspecified atom stereocenters. The van der Waals surface area contributed by atoms with Gasteiger partial charge in [0.15, 0.2) is 5.78 Å². The van der Waals surface area contributed by atoms with Crippen molar-refractivity contribution in [2.75, 3.05) is 0 Å². The molecule has 0 aliphatic rings. The summed E-state index contributed by atoms with van der Waals surface area (Å²) in [6.45, 7) is 3.80. The first-order valence-corrected chi connectivity index (χ1v) is 6.63. The number of hydrogen-bond donors (Lipinski definition) is 0. The van der Waals surface area contributed by atoms with Gasteiger partial charge in [-0.3, -0.25) is 9.78 Å². The Bertz CT molecular complexity index is 805. The Morgan fingerprint density at radius 1 is 0.900 bits per heavy atom. The fourth-order valence-electron chi connectivity index (χ4n) is 2.41. The summed E-state index contributed by atoms with van der Waals surface area (Å²) in [5.41, 5.74) is 3.09. The van der Waals surface area contributed by atoms with Crippen molar-refractivity contribution in [2.24, 2.45) is 0 Å². The first kappa shape index (κ1) is 12.5. The Labute approximate surface area is 118 Å². The van der Waals surface area contributed by atoms with Gasteiger partial charge in [-0.05, 0) is 42.8 Å². The quantitative estimate of drug-likeness (QED) is 0.650. The summed E-state index contributed by atoms with van der Waals surface area (Å²) < 4.78 is 0. The highest BCUT2D eigenvalue weighted by Gasteiger charge is 2.12. The van der Waals surface area contributed by atoms with Crippen molar-refractivity contribution < 1.29 is 4.79 Å². The zero-order valence-electron chi connectivity index (χ0n) is 11.6. The monoisotopic (exact) mass is 261 g/mol. The van der Waals surface area contributed by atoms with Crippen LogP contribution in [0.15, 0.2) is 54.6 Å². The first-order chi connectivity index (χ1) is 9.65. The fourth-order valence-corrected chi connectivity index (χ4v) is 2.41. The number of carbonyl (C=O) groups is 1. The summed E-state index contributed by atoms with van der Waals surface area (Å²) >= 11 is 0. The lowest BCUT2D eigenvalue weighted by molar-refractivity contribution is 0.103. The molecule has 0 aliphatic carbocycles. The van der Waals surface area contributed by atoms with Crippen LogP contribution in [-0.4, -0.2) is 10.8 Å². The minimum absolute atomic E-state index is 0.0285. The number of fused-ring (bicyclic) bond motifs is 1. The highest BCUT2D eigenvalue weighted by Crippen LogP contribution is 2.19. The maximum Gasteiger partial charge on any atom is 0.194 e. The summed E-state index contributed by atoms with van der Waals surface area (Å²) in [6, 6.07) is 17.6. The molecule has 0 saturated heterocycles. The van der Waals surface area contributed by atoms with E-state index in [0.29, 0.717) is 11.1 Å². The van der Waals surface area contributed by atoms with Crippen molar-refractivity contribution >= 4 is 16.6 Å². The summed E-state index contributed by atoms with van der Waals surface area (Å²) in [7, 11) is 0. The molecule has 2 heteroatoms. The molecule has 0 bridgehead atoms. The molecule has 20 heavy (non-hydrogen) atoms. The topological polar surface area (TPSA) is 30.0 Å². The lowest BCUT2D eigenvalue weighted by Crippen LogP contribution is -2.05. The van der Waals surface area contributed by atoms with Crippen LogP contribution in [-0.2, 0) is 0 Å². The molecule has 1 heterocycles. The van der Waals surface area contributed by atoms with E-state index in [1.807, 2.05) is 68.4 Å². The van der Waals surface area contributed by atoms with Gasteiger partial charge >= 0.3 is 0 Å². The largest absolute Gasteiger partial charge is 0.289 e. The number of ketones is 1. The Hall–Kier alpha value is -2.48. The fraction of sp³-hybridized carbons (Fsp3) is 0.111. The lowest BCUT2D eigenvalue weighted by Gasteiger charge is -2.06. The van der Waals surface area contributed by atoms with E-state index in [0.717, 1.165) is 22.2 Å². The molecule has 1 aromatic heterocycles. The van der Waals surface area contributed by atoms with Crippen molar-refractivity contribution in [3.8, 4) is 0 Å². The van der Waals surface area contributed by atoms with Crippen LogP contribution in [0.4, 0.5) is 0 Å². The number of aromatic nitrogens is 1. The molecule has 0 aliphatic heterocycles. The van der Waals surface area contributed by atoms with Crippen molar-refractivity contribution in [3.63, 3.8) is 0 Å². The van der Waals surface area contributed by atoms with Crippen LogP contribution in [0.2, 0.25) is 0 Å². The van der Waals surface area contributed by atoms with Gasteiger partial charge in [0.1, 0.15) is 0 Å². The van der Waals surface area contributed by atoms with Crippen molar-refractivity contribution in [2.45, 2.75) is 13.8 Å². The van der Waals surface area contributed by atoms with Crippen LogP contribution >= 0.6 is 0 Å². The number of carbonyl (C=O) groups excluding carboxylic acids is 1. The Morgan fingerprint density at radius 2 is 1.65 bits per heavy atom. The van der Waals surface area contributed by atoms with Crippen LogP contribution in [0.25, 0.3) is 10.8 Å². The van der Waals surface area contributed by atoms with Crippen LogP contribution in [0.1, 0.15) is 27.3 Å². The van der Waals surface area contributed by atoms with Gasteiger partial charge in [-0.1, -0.05) is 36.4 Å². The molecular weight excluding hydrogens is 246 g/mol. The van der Waals surface area contributed by atoms with E-state index in [2.05, 4.69) is 4.98 Å². The first-order valence-electron chi connectivity index (χ1n) is 6.63. The molecular formula is C18H15NO. The van der Waals surface area contributed by atoms with Gasteiger partial charge in [-0.25, -0.2) is 0 Å². The second-order valence-electron chi connectivity index (χ2n) is 4.98. The zero-order chi connectivity index (χ0) is 14.1. The second-order valence-corrected chi connectivity index (χ2v) is 4.98. The predicted molar refractivity (Wildman–Crippen MR) is 81.1 cm³/mol. The standard InChI is InChI=1S/C18H15NO/c1-12-7-10-17(13(2)19-12)18(20)16-9-8-14-5-3-4-6-15(14)11-16/h3-11H,1-2H3. The van der Waals surface area contributed by atoms with Crippen LogP contribution in [0.5, 0.6) is 0 Å². The van der Waals surface area contributed by atoms with Crippen molar-refractivity contribution in [1.29, 1.82) is 0 Å². The third-order valence-electron chi connectivity index (χ3n) is 3.48. The Balaban J connectivity index is 2.08. The SMILES string of the molecule is Cc1ccc(C(=O)c2ccc3ccccc3c2)c(C)n1. The third-order valence-corrected chi connectivity index (χ3v) is 3.48. The molecule has 3 aromatic rings. The van der Waals surface area contributed by atoms with Crippen molar-refractivity contribution in [3.05, 3.63) is 77.1 Å². The van der Waals surface area contributed by atoms with Gasteiger partial charge in [0.25, 0.3) is 0 Å². The highest BCUT2D eigenvalue weighted by molar-refractivity contribution is 6.11. The Morgan fingerprint density at radius 3 is 2.40 bits per heavy atom. The number of nitrogens with zero attached hydrogens (tertiary/aromatic N) is 1. The average Bonchev–Trinajstić information content (AvgIpc) is 2.46. The van der Waals surface area contributed by atoms with Gasteiger partial charge in [-0.2, -0.15) is 0 Å². The smallest absolute Gasteiger partial charge is 0.194 e. The summed E-state index contributed by atoms with van der Waals surface area (Å²) in [5.74, 6) is 0.0285. The molecule has 0 amide bonds. The number of benzene rings is 2. The van der Waals surface area contributed by atoms with E-state index in [9.17, 15) is 4.79 Å². The van der Waals surface area contributed by atoms with Crippen LogP contribution in [0.3, 0.4) is 0 Å². The Kier molecular flexibility index (Phi) is 3.07. The molecule has 0 N–H and O–H groups in total. The minimum Gasteiger partial charge on any atom is -0.289 e. The summed E-state index contributed by atoms with van der Waals surface area (Å²) in [4.78, 5) is 16.9. The maximum atomic E-state index is 12.6. The van der Waals surface area contributed by atoms with Gasteiger partial charge in [0.05, 0.1) is 0 Å². The van der Waals surface area contributed by atoms with Gasteiger partial charge < -0.3 is 0 Å². The van der Waals surface area contributed by atoms with E-state index < -0.39 is 0 Å². The molecule has 98 valence electrons. The lowest BCUT2D eigenvalue weighted by atomic mass is 9.99. The maximum absolute atomic E-state index is 12.6. The molecule has 2 nitrogen and oxygen atoms in total. The second kappa shape index (κ2) is 4.89. The molecule has 0 spiro atoms. The average molecular weight is 261 g/mol. The van der Waals surface area contributed by atoms with Crippen LogP contribution < -0.4 is 0 Å².